The molecule has 0 saturated heterocycles. The van der Waals surface area contributed by atoms with Gasteiger partial charge < -0.3 is 9.84 Å². The van der Waals surface area contributed by atoms with Crippen LogP contribution in [-0.2, 0) is 11.2 Å². The summed E-state index contributed by atoms with van der Waals surface area (Å²) >= 11 is 5.78. The second-order valence-electron chi connectivity index (χ2n) is 4.52. The maximum absolute atomic E-state index is 11.7. The van der Waals surface area contributed by atoms with Crippen molar-refractivity contribution in [2.24, 2.45) is 5.10 Å². The molecule has 114 valence electrons. The van der Waals surface area contributed by atoms with Crippen LogP contribution >= 0.6 is 11.6 Å². The first-order valence-electron chi connectivity index (χ1n) is 6.52. The summed E-state index contributed by atoms with van der Waals surface area (Å²) in [4.78, 5) is 11.7. The van der Waals surface area contributed by atoms with Crippen molar-refractivity contribution in [1.82, 2.24) is 5.43 Å². The van der Waals surface area contributed by atoms with Crippen LogP contribution in [0.3, 0.4) is 0 Å². The third-order valence-corrected chi connectivity index (χ3v) is 3.16. The van der Waals surface area contributed by atoms with Crippen LogP contribution < -0.4 is 10.2 Å². The SMILES string of the molecule is COc1ccc(C=NNC(=O)Cc2ccc(Cl)cc2)c(O)c1. The maximum atomic E-state index is 11.7. The molecule has 22 heavy (non-hydrogen) atoms. The van der Waals surface area contributed by atoms with E-state index in [-0.39, 0.29) is 18.1 Å². The van der Waals surface area contributed by atoms with E-state index in [1.54, 1.807) is 36.4 Å². The number of methoxy groups -OCH3 is 1. The highest BCUT2D eigenvalue weighted by molar-refractivity contribution is 6.30. The average molecular weight is 319 g/mol. The fourth-order valence-electron chi connectivity index (χ4n) is 1.76. The molecule has 6 heteroatoms. The number of phenolic OH excluding ortho intramolecular Hbond substituents is 1. The molecule has 0 fully saturated rings. The van der Waals surface area contributed by atoms with Crippen LogP contribution in [0, 0.1) is 0 Å². The number of nitrogens with one attached hydrogen (secondary N) is 1. The third-order valence-electron chi connectivity index (χ3n) is 2.91. The standard InChI is InChI=1S/C16H15ClN2O3/c1-22-14-7-4-12(15(20)9-14)10-18-19-16(21)8-11-2-5-13(17)6-3-11/h2-7,9-10,20H,8H2,1H3,(H,19,21). The Bertz CT molecular complexity index is 684. The summed E-state index contributed by atoms with van der Waals surface area (Å²) in [5.41, 5.74) is 3.72. The van der Waals surface area contributed by atoms with Crippen LogP contribution in [0.4, 0.5) is 0 Å². The van der Waals surface area contributed by atoms with Crippen LogP contribution in [0.25, 0.3) is 0 Å². The molecule has 0 aliphatic carbocycles. The number of benzene rings is 2. The Labute approximate surface area is 133 Å². The quantitative estimate of drug-likeness (QED) is 0.658. The van der Waals surface area contributed by atoms with Gasteiger partial charge in [-0.3, -0.25) is 4.79 Å². The van der Waals surface area contributed by atoms with E-state index in [1.165, 1.54) is 19.4 Å². The number of hydrogen-bond acceptors (Lipinski definition) is 4. The van der Waals surface area contributed by atoms with Gasteiger partial charge >= 0.3 is 0 Å². The van der Waals surface area contributed by atoms with Crippen molar-refractivity contribution in [3.8, 4) is 11.5 Å². The van der Waals surface area contributed by atoms with E-state index >= 15 is 0 Å². The molecule has 0 aliphatic heterocycles. The number of aromatic hydroxyl groups is 1. The first-order chi connectivity index (χ1) is 10.6. The zero-order chi connectivity index (χ0) is 15.9. The number of hydrazone groups is 1. The molecular weight excluding hydrogens is 304 g/mol. The first kappa shape index (κ1) is 15.9. The van der Waals surface area contributed by atoms with Crippen molar-refractivity contribution in [2.75, 3.05) is 7.11 Å². The van der Waals surface area contributed by atoms with Crippen molar-refractivity contribution in [3.05, 3.63) is 58.6 Å². The molecule has 0 saturated carbocycles. The summed E-state index contributed by atoms with van der Waals surface area (Å²) in [5, 5.41) is 14.2. The molecule has 0 unspecified atom stereocenters. The second-order valence-corrected chi connectivity index (χ2v) is 4.96. The molecule has 0 heterocycles. The van der Waals surface area contributed by atoms with Gasteiger partial charge in [0.15, 0.2) is 0 Å². The Balaban J connectivity index is 1.91. The fourth-order valence-corrected chi connectivity index (χ4v) is 1.89. The molecule has 0 bridgehead atoms. The van der Waals surface area contributed by atoms with Gasteiger partial charge in [-0.15, -0.1) is 0 Å². The smallest absolute Gasteiger partial charge is 0.244 e. The van der Waals surface area contributed by atoms with Crippen LogP contribution in [0.2, 0.25) is 5.02 Å². The van der Waals surface area contributed by atoms with Crippen molar-refractivity contribution < 1.29 is 14.6 Å². The summed E-state index contributed by atoms with van der Waals surface area (Å²) in [7, 11) is 1.51. The lowest BCUT2D eigenvalue weighted by atomic mass is 10.1. The van der Waals surface area contributed by atoms with Gasteiger partial charge in [0.05, 0.1) is 19.7 Å². The molecule has 0 aliphatic rings. The minimum Gasteiger partial charge on any atom is -0.507 e. The van der Waals surface area contributed by atoms with Crippen LogP contribution in [0.15, 0.2) is 47.6 Å². The zero-order valence-corrected chi connectivity index (χ0v) is 12.7. The van der Waals surface area contributed by atoms with E-state index < -0.39 is 0 Å². The largest absolute Gasteiger partial charge is 0.507 e. The van der Waals surface area contributed by atoms with Crippen LogP contribution in [0.5, 0.6) is 11.5 Å². The van der Waals surface area contributed by atoms with Crippen molar-refractivity contribution in [3.63, 3.8) is 0 Å². The fraction of sp³-hybridized carbons (Fsp3) is 0.125. The lowest BCUT2D eigenvalue weighted by Gasteiger charge is -2.03. The maximum Gasteiger partial charge on any atom is 0.244 e. The van der Waals surface area contributed by atoms with E-state index in [9.17, 15) is 9.90 Å². The number of nitrogens with zero attached hydrogens (tertiary/aromatic N) is 1. The van der Waals surface area contributed by atoms with Crippen LogP contribution in [0.1, 0.15) is 11.1 Å². The Morgan fingerprint density at radius 3 is 2.68 bits per heavy atom. The van der Waals surface area contributed by atoms with Crippen molar-refractivity contribution >= 4 is 23.7 Å². The zero-order valence-electron chi connectivity index (χ0n) is 11.9. The number of rotatable bonds is 5. The number of carbonyl (C=O) groups is 1. The molecular formula is C16H15ClN2O3. The van der Waals surface area contributed by atoms with Gasteiger partial charge in [-0.05, 0) is 29.8 Å². The van der Waals surface area contributed by atoms with Gasteiger partial charge in [0.2, 0.25) is 5.91 Å². The van der Waals surface area contributed by atoms with Gasteiger partial charge in [0, 0.05) is 16.7 Å². The summed E-state index contributed by atoms with van der Waals surface area (Å²) < 4.78 is 4.98. The normalized spacial score (nSPS) is 10.6. The second kappa shape index (κ2) is 7.47. The number of halogens is 1. The third kappa shape index (κ3) is 4.49. The molecule has 0 spiro atoms. The minimum absolute atomic E-state index is 0.0232. The summed E-state index contributed by atoms with van der Waals surface area (Å²) in [6, 6.07) is 11.8. The summed E-state index contributed by atoms with van der Waals surface area (Å²) in [6.07, 6.45) is 1.57. The Morgan fingerprint density at radius 1 is 1.32 bits per heavy atom. The number of phenols is 1. The molecule has 2 aromatic rings. The molecule has 5 nitrogen and oxygen atoms in total. The predicted octanol–water partition coefficient (Wildman–Crippen LogP) is 2.75. The van der Waals surface area contributed by atoms with E-state index in [2.05, 4.69) is 10.5 Å². The monoisotopic (exact) mass is 318 g/mol. The average Bonchev–Trinajstić information content (AvgIpc) is 2.51. The number of amides is 1. The van der Waals surface area contributed by atoms with E-state index in [4.69, 9.17) is 16.3 Å². The van der Waals surface area contributed by atoms with Gasteiger partial charge in [-0.25, -0.2) is 5.43 Å². The highest BCUT2D eigenvalue weighted by Crippen LogP contribution is 2.21. The lowest BCUT2D eigenvalue weighted by Crippen LogP contribution is -2.19. The first-order valence-corrected chi connectivity index (χ1v) is 6.89. The van der Waals surface area contributed by atoms with E-state index in [0.717, 1.165) is 5.56 Å². The Hall–Kier alpha value is -2.53. The molecule has 0 aromatic heterocycles. The van der Waals surface area contributed by atoms with Gasteiger partial charge in [0.25, 0.3) is 0 Å². The topological polar surface area (TPSA) is 70.9 Å². The molecule has 0 radical (unpaired) electrons. The van der Waals surface area contributed by atoms with Crippen molar-refractivity contribution in [2.45, 2.75) is 6.42 Å². The van der Waals surface area contributed by atoms with Crippen molar-refractivity contribution in [1.29, 1.82) is 0 Å². The van der Waals surface area contributed by atoms with Gasteiger partial charge in [-0.2, -0.15) is 5.10 Å². The molecule has 0 atom stereocenters. The predicted molar refractivity (Wildman–Crippen MR) is 85.6 cm³/mol. The summed E-state index contributed by atoms with van der Waals surface area (Å²) in [5.74, 6) is 0.308. The molecule has 2 N–H and O–H groups in total. The molecule has 1 amide bonds. The highest BCUT2D eigenvalue weighted by Gasteiger charge is 2.03. The van der Waals surface area contributed by atoms with E-state index in [1.807, 2.05) is 0 Å². The van der Waals surface area contributed by atoms with Gasteiger partial charge in [-0.1, -0.05) is 23.7 Å². The minimum atomic E-state index is -0.258. The Kier molecular flexibility index (Phi) is 5.38. The number of ether oxygens (including phenoxy) is 1. The van der Waals surface area contributed by atoms with Crippen LogP contribution in [-0.4, -0.2) is 24.3 Å². The Morgan fingerprint density at radius 2 is 2.05 bits per heavy atom. The lowest BCUT2D eigenvalue weighted by molar-refractivity contribution is -0.120. The molecule has 2 rings (SSSR count). The number of carbonyl (C=O) groups excluding carboxylic acids is 1. The summed E-state index contributed by atoms with van der Waals surface area (Å²) in [6.45, 7) is 0. The van der Waals surface area contributed by atoms with Gasteiger partial charge in [0.1, 0.15) is 11.5 Å². The number of hydrogen-bond donors (Lipinski definition) is 2. The highest BCUT2D eigenvalue weighted by atomic mass is 35.5. The van der Waals surface area contributed by atoms with E-state index in [0.29, 0.717) is 16.3 Å². The molecule has 2 aromatic carbocycles.